The molecule has 0 fully saturated rings. The number of esters is 1. The first-order valence-electron chi connectivity index (χ1n) is 8.35. The van der Waals surface area contributed by atoms with Crippen molar-refractivity contribution >= 4 is 29.2 Å². The van der Waals surface area contributed by atoms with Gasteiger partial charge >= 0.3 is 5.97 Å². The predicted molar refractivity (Wildman–Crippen MR) is 109 cm³/mol. The normalized spacial score (nSPS) is 10.7. The Bertz CT molecular complexity index is 1040. The molecule has 3 aromatic rings. The van der Waals surface area contributed by atoms with Crippen LogP contribution in [0.4, 0.5) is 0 Å². The van der Waals surface area contributed by atoms with Gasteiger partial charge in [0.05, 0.1) is 18.0 Å². The minimum atomic E-state index is -0.647. The summed E-state index contributed by atoms with van der Waals surface area (Å²) in [5.74, 6) is -0.647. The topological polar surface area (TPSA) is 48.3 Å². The Kier molecular flexibility index (Phi) is 5.68. The second kappa shape index (κ2) is 7.99. The van der Waals surface area contributed by atoms with Crippen molar-refractivity contribution in [2.45, 2.75) is 6.92 Å². The molecular weight excluding hydrogens is 385 g/mol. The molecule has 6 heteroatoms. The second-order valence-corrected chi connectivity index (χ2v) is 6.78. The number of halogens is 2. The van der Waals surface area contributed by atoms with Gasteiger partial charge in [-0.1, -0.05) is 47.5 Å². The van der Waals surface area contributed by atoms with Gasteiger partial charge in [-0.2, -0.15) is 0 Å². The van der Waals surface area contributed by atoms with Crippen LogP contribution in [0.25, 0.3) is 22.5 Å². The molecule has 0 unspecified atom stereocenters. The molecule has 2 aromatic carbocycles. The van der Waals surface area contributed by atoms with Gasteiger partial charge in [0.15, 0.2) is 5.43 Å². The molecule has 138 valence electrons. The molecule has 1 aromatic heterocycles. The fourth-order valence-electron chi connectivity index (χ4n) is 2.94. The molecule has 0 bridgehead atoms. The van der Waals surface area contributed by atoms with E-state index in [0.29, 0.717) is 27.0 Å². The fraction of sp³-hybridized carbons (Fsp3) is 0.143. The third kappa shape index (κ3) is 3.92. The summed E-state index contributed by atoms with van der Waals surface area (Å²) in [6, 6.07) is 15.6. The Morgan fingerprint density at radius 2 is 1.48 bits per heavy atom. The number of hydrogen-bond donors (Lipinski definition) is 0. The van der Waals surface area contributed by atoms with Gasteiger partial charge in [-0.3, -0.25) is 4.79 Å². The van der Waals surface area contributed by atoms with Crippen molar-refractivity contribution in [1.29, 1.82) is 0 Å². The van der Waals surface area contributed by atoms with E-state index in [1.807, 2.05) is 12.1 Å². The smallest absolute Gasteiger partial charge is 0.344 e. The molecule has 0 aliphatic heterocycles. The van der Waals surface area contributed by atoms with Crippen LogP contribution in [0.2, 0.25) is 10.0 Å². The van der Waals surface area contributed by atoms with Crippen LogP contribution >= 0.6 is 23.2 Å². The lowest BCUT2D eigenvalue weighted by Crippen LogP contribution is -2.22. The summed E-state index contributed by atoms with van der Waals surface area (Å²) in [7, 11) is 1.80. The highest BCUT2D eigenvalue weighted by atomic mass is 35.5. The van der Waals surface area contributed by atoms with Crippen LogP contribution < -0.4 is 5.43 Å². The van der Waals surface area contributed by atoms with Crippen LogP contribution in [0.15, 0.2) is 59.4 Å². The highest BCUT2D eigenvalue weighted by Gasteiger charge is 2.22. The molecule has 0 radical (unpaired) electrons. The Balaban J connectivity index is 2.31. The number of nitrogens with zero attached hydrogens (tertiary/aromatic N) is 1. The molecule has 0 aliphatic carbocycles. The molecule has 0 saturated heterocycles. The number of aromatic nitrogens is 1. The highest BCUT2D eigenvalue weighted by Crippen LogP contribution is 2.29. The highest BCUT2D eigenvalue weighted by molar-refractivity contribution is 6.30. The van der Waals surface area contributed by atoms with Gasteiger partial charge in [0.25, 0.3) is 0 Å². The molecule has 0 saturated carbocycles. The van der Waals surface area contributed by atoms with Crippen LogP contribution in [-0.2, 0) is 11.8 Å². The number of hydrogen-bond acceptors (Lipinski definition) is 3. The molecule has 3 rings (SSSR count). The lowest BCUT2D eigenvalue weighted by molar-refractivity contribution is 0.0525. The monoisotopic (exact) mass is 401 g/mol. The third-order valence-electron chi connectivity index (χ3n) is 4.18. The van der Waals surface area contributed by atoms with Gasteiger partial charge < -0.3 is 9.30 Å². The second-order valence-electron chi connectivity index (χ2n) is 5.91. The van der Waals surface area contributed by atoms with E-state index in [1.54, 1.807) is 54.9 Å². The number of rotatable bonds is 4. The standard InChI is InChI=1S/C21H17Cl2NO3/c1-3-27-21(26)19-18(25)12-17(13-4-8-15(22)9-5-13)24(2)20(19)14-6-10-16(23)11-7-14/h4-12H,3H2,1-2H3. The van der Waals surface area contributed by atoms with Crippen molar-refractivity contribution in [2.24, 2.45) is 7.05 Å². The molecule has 0 spiro atoms. The van der Waals surface area contributed by atoms with Crippen molar-refractivity contribution < 1.29 is 9.53 Å². The van der Waals surface area contributed by atoms with E-state index in [4.69, 9.17) is 27.9 Å². The minimum Gasteiger partial charge on any atom is -0.462 e. The van der Waals surface area contributed by atoms with E-state index in [1.165, 1.54) is 6.07 Å². The van der Waals surface area contributed by atoms with Crippen LogP contribution in [0.3, 0.4) is 0 Å². The molecule has 0 atom stereocenters. The first-order chi connectivity index (χ1) is 12.9. The van der Waals surface area contributed by atoms with E-state index in [2.05, 4.69) is 0 Å². The van der Waals surface area contributed by atoms with Gasteiger partial charge in [0, 0.05) is 23.2 Å². The zero-order valence-corrected chi connectivity index (χ0v) is 16.3. The predicted octanol–water partition coefficient (Wildman–Crippen LogP) is 5.20. The van der Waals surface area contributed by atoms with E-state index < -0.39 is 11.4 Å². The summed E-state index contributed by atoms with van der Waals surface area (Å²) in [4.78, 5) is 25.3. The summed E-state index contributed by atoms with van der Waals surface area (Å²) in [5.41, 5.74) is 2.24. The van der Waals surface area contributed by atoms with Gasteiger partial charge in [0.1, 0.15) is 5.56 Å². The molecule has 0 N–H and O–H groups in total. The summed E-state index contributed by atoms with van der Waals surface area (Å²) in [6.45, 7) is 1.88. The lowest BCUT2D eigenvalue weighted by atomic mass is 10.0. The van der Waals surface area contributed by atoms with Crippen LogP contribution in [0.1, 0.15) is 17.3 Å². The van der Waals surface area contributed by atoms with Crippen LogP contribution in [0, 0.1) is 0 Å². The minimum absolute atomic E-state index is 0.000569. The lowest BCUT2D eigenvalue weighted by Gasteiger charge is -2.18. The Labute approximate surface area is 166 Å². The first-order valence-corrected chi connectivity index (χ1v) is 9.11. The molecular formula is C21H17Cl2NO3. The van der Waals surface area contributed by atoms with Crippen molar-refractivity contribution in [3.8, 4) is 22.5 Å². The average Bonchev–Trinajstić information content (AvgIpc) is 2.65. The molecule has 4 nitrogen and oxygen atoms in total. The van der Waals surface area contributed by atoms with Crippen molar-refractivity contribution in [1.82, 2.24) is 4.57 Å². The van der Waals surface area contributed by atoms with Crippen molar-refractivity contribution in [2.75, 3.05) is 6.61 Å². The summed E-state index contributed by atoms with van der Waals surface area (Å²) >= 11 is 12.0. The van der Waals surface area contributed by atoms with Crippen LogP contribution in [-0.4, -0.2) is 17.1 Å². The summed E-state index contributed by atoms with van der Waals surface area (Å²) in [5, 5.41) is 1.17. The van der Waals surface area contributed by atoms with Crippen LogP contribution in [0.5, 0.6) is 0 Å². The number of carbonyl (C=O) groups is 1. The SMILES string of the molecule is CCOC(=O)c1c(-c2ccc(Cl)cc2)n(C)c(-c2ccc(Cl)cc2)cc1=O. The Hall–Kier alpha value is -2.56. The van der Waals surface area contributed by atoms with Gasteiger partial charge in [-0.05, 0) is 42.3 Å². The van der Waals surface area contributed by atoms with Crippen molar-refractivity contribution in [3.05, 3.63) is 80.4 Å². The third-order valence-corrected chi connectivity index (χ3v) is 4.69. The molecule has 1 heterocycles. The van der Waals surface area contributed by atoms with E-state index in [0.717, 1.165) is 5.56 Å². The zero-order valence-electron chi connectivity index (χ0n) is 14.8. The number of pyridine rings is 1. The Morgan fingerprint density at radius 1 is 0.963 bits per heavy atom. The van der Waals surface area contributed by atoms with Gasteiger partial charge in [-0.15, -0.1) is 0 Å². The maximum absolute atomic E-state index is 12.8. The van der Waals surface area contributed by atoms with Gasteiger partial charge in [0.2, 0.25) is 0 Å². The van der Waals surface area contributed by atoms with Gasteiger partial charge in [-0.25, -0.2) is 4.79 Å². The summed E-state index contributed by atoms with van der Waals surface area (Å²) in [6.07, 6.45) is 0. The average molecular weight is 402 g/mol. The van der Waals surface area contributed by atoms with Crippen molar-refractivity contribution in [3.63, 3.8) is 0 Å². The number of carbonyl (C=O) groups excluding carboxylic acids is 1. The number of ether oxygens (including phenoxy) is 1. The van der Waals surface area contributed by atoms with E-state index in [9.17, 15) is 9.59 Å². The molecule has 27 heavy (non-hydrogen) atoms. The van der Waals surface area contributed by atoms with E-state index >= 15 is 0 Å². The Morgan fingerprint density at radius 3 is 2.00 bits per heavy atom. The molecule has 0 aliphatic rings. The first kappa shape index (κ1) is 19.2. The summed E-state index contributed by atoms with van der Waals surface area (Å²) < 4.78 is 6.92. The largest absolute Gasteiger partial charge is 0.462 e. The number of benzene rings is 2. The maximum atomic E-state index is 12.8. The maximum Gasteiger partial charge on any atom is 0.344 e. The quantitative estimate of drug-likeness (QED) is 0.564. The van der Waals surface area contributed by atoms with E-state index in [-0.39, 0.29) is 12.2 Å². The zero-order chi connectivity index (χ0) is 19.6. The molecule has 0 amide bonds. The fourth-order valence-corrected chi connectivity index (χ4v) is 3.19.